The van der Waals surface area contributed by atoms with Crippen molar-refractivity contribution in [2.24, 2.45) is 0 Å². The quantitative estimate of drug-likeness (QED) is 0.713. The standard InChI is InChI=1S/C7H11ClN4O2/c1-14-3-2-7(13)11-12-9-5-6(4-8)10-12/h5H,2-4H2,1H3,(H,11,13). The van der Waals surface area contributed by atoms with Crippen molar-refractivity contribution in [1.29, 1.82) is 0 Å². The highest BCUT2D eigenvalue weighted by molar-refractivity contribution is 6.16. The van der Waals surface area contributed by atoms with Gasteiger partial charge >= 0.3 is 0 Å². The number of rotatable bonds is 5. The zero-order valence-electron chi connectivity index (χ0n) is 7.73. The smallest absolute Gasteiger partial charge is 0.243 e. The summed E-state index contributed by atoms with van der Waals surface area (Å²) in [6, 6.07) is 0. The number of carbonyl (C=O) groups excluding carboxylic acids is 1. The second-order valence-electron chi connectivity index (χ2n) is 2.54. The molecule has 0 bridgehead atoms. The average Bonchev–Trinajstić information content (AvgIpc) is 2.62. The summed E-state index contributed by atoms with van der Waals surface area (Å²) < 4.78 is 4.74. The van der Waals surface area contributed by atoms with E-state index < -0.39 is 0 Å². The lowest BCUT2D eigenvalue weighted by Gasteiger charge is -2.01. The van der Waals surface area contributed by atoms with Crippen molar-refractivity contribution in [3.8, 4) is 0 Å². The van der Waals surface area contributed by atoms with Gasteiger partial charge in [0.2, 0.25) is 5.91 Å². The minimum atomic E-state index is -0.205. The van der Waals surface area contributed by atoms with Crippen LogP contribution >= 0.6 is 11.6 Å². The average molecular weight is 219 g/mol. The third-order valence-electron chi connectivity index (χ3n) is 1.43. The van der Waals surface area contributed by atoms with Crippen LogP contribution in [0, 0.1) is 0 Å². The summed E-state index contributed by atoms with van der Waals surface area (Å²) in [5, 5.41) is 7.66. The highest BCUT2D eigenvalue weighted by Gasteiger charge is 2.03. The Morgan fingerprint density at radius 1 is 1.79 bits per heavy atom. The number of carbonyl (C=O) groups is 1. The largest absolute Gasteiger partial charge is 0.384 e. The fourth-order valence-corrected chi connectivity index (χ4v) is 0.894. The molecule has 0 atom stereocenters. The van der Waals surface area contributed by atoms with Crippen molar-refractivity contribution in [3.63, 3.8) is 0 Å². The van der Waals surface area contributed by atoms with E-state index in [1.807, 2.05) is 0 Å². The summed E-state index contributed by atoms with van der Waals surface area (Å²) in [5.41, 5.74) is 3.06. The number of ether oxygens (including phenoxy) is 1. The van der Waals surface area contributed by atoms with Gasteiger partial charge in [0.15, 0.2) is 0 Å². The fourth-order valence-electron chi connectivity index (χ4n) is 0.772. The number of hydrogen-bond donors (Lipinski definition) is 1. The molecule has 0 saturated carbocycles. The Hall–Kier alpha value is -1.14. The number of alkyl halides is 1. The molecule has 78 valence electrons. The summed E-state index contributed by atoms with van der Waals surface area (Å²) in [5.74, 6) is 0.0667. The van der Waals surface area contributed by atoms with Crippen molar-refractivity contribution in [3.05, 3.63) is 11.9 Å². The first-order valence-electron chi connectivity index (χ1n) is 4.02. The zero-order chi connectivity index (χ0) is 10.4. The molecule has 0 fully saturated rings. The third kappa shape index (κ3) is 3.31. The topological polar surface area (TPSA) is 69.0 Å². The van der Waals surface area contributed by atoms with Gasteiger partial charge in [0, 0.05) is 7.11 Å². The molecule has 0 radical (unpaired) electrons. The molecule has 6 nitrogen and oxygen atoms in total. The highest BCUT2D eigenvalue weighted by Crippen LogP contribution is 1.94. The van der Waals surface area contributed by atoms with Crippen molar-refractivity contribution in [2.75, 3.05) is 19.1 Å². The molecule has 0 aliphatic rings. The molecule has 1 aromatic heterocycles. The Morgan fingerprint density at radius 3 is 3.14 bits per heavy atom. The summed E-state index contributed by atoms with van der Waals surface area (Å²) in [7, 11) is 1.53. The van der Waals surface area contributed by atoms with Gasteiger partial charge in [-0.3, -0.25) is 4.79 Å². The molecule has 1 heterocycles. The molecule has 0 saturated heterocycles. The van der Waals surface area contributed by atoms with Crippen LogP contribution in [0.3, 0.4) is 0 Å². The van der Waals surface area contributed by atoms with Crippen LogP contribution in [0.15, 0.2) is 6.20 Å². The van der Waals surface area contributed by atoms with E-state index in [0.717, 1.165) is 4.91 Å². The van der Waals surface area contributed by atoms with Crippen molar-refractivity contribution >= 4 is 17.5 Å². The van der Waals surface area contributed by atoms with Gasteiger partial charge in [-0.15, -0.1) is 21.8 Å². The van der Waals surface area contributed by atoms with E-state index in [1.165, 1.54) is 13.3 Å². The Morgan fingerprint density at radius 2 is 2.57 bits per heavy atom. The van der Waals surface area contributed by atoms with Gasteiger partial charge in [-0.05, 0) is 0 Å². The number of amides is 1. The number of hydrogen-bond acceptors (Lipinski definition) is 4. The normalized spacial score (nSPS) is 10.1. The summed E-state index contributed by atoms with van der Waals surface area (Å²) in [6.45, 7) is 0.371. The van der Waals surface area contributed by atoms with E-state index in [1.54, 1.807) is 0 Å². The molecule has 1 aromatic rings. The van der Waals surface area contributed by atoms with Crippen molar-refractivity contribution in [2.45, 2.75) is 12.3 Å². The van der Waals surface area contributed by atoms with Gasteiger partial charge in [-0.1, -0.05) is 4.91 Å². The maximum atomic E-state index is 11.1. The molecule has 1 amide bonds. The van der Waals surface area contributed by atoms with E-state index in [2.05, 4.69) is 15.6 Å². The number of nitrogens with zero attached hydrogens (tertiary/aromatic N) is 3. The molecule has 7 heteroatoms. The number of aromatic nitrogens is 3. The molecular weight excluding hydrogens is 208 g/mol. The molecule has 14 heavy (non-hydrogen) atoms. The molecular formula is C7H11ClN4O2. The van der Waals surface area contributed by atoms with Gasteiger partial charge < -0.3 is 4.74 Å². The van der Waals surface area contributed by atoms with Crippen LogP contribution in [-0.4, -0.2) is 34.7 Å². The van der Waals surface area contributed by atoms with E-state index in [-0.39, 0.29) is 18.2 Å². The van der Waals surface area contributed by atoms with Crippen LogP contribution in [0.2, 0.25) is 0 Å². The van der Waals surface area contributed by atoms with E-state index in [4.69, 9.17) is 16.3 Å². The van der Waals surface area contributed by atoms with Crippen LogP contribution in [-0.2, 0) is 15.4 Å². The Bertz CT molecular complexity index is 302. The first-order chi connectivity index (χ1) is 6.76. The molecule has 0 spiro atoms. The first-order valence-corrected chi connectivity index (χ1v) is 4.55. The minimum absolute atomic E-state index is 0.205. The number of methoxy groups -OCH3 is 1. The zero-order valence-corrected chi connectivity index (χ0v) is 8.49. The van der Waals surface area contributed by atoms with E-state index in [9.17, 15) is 4.79 Å². The highest BCUT2D eigenvalue weighted by atomic mass is 35.5. The SMILES string of the molecule is COCCC(=O)Nn1ncc(CCl)n1. The van der Waals surface area contributed by atoms with Crippen molar-refractivity contribution in [1.82, 2.24) is 15.1 Å². The van der Waals surface area contributed by atoms with Gasteiger partial charge in [-0.2, -0.15) is 0 Å². The van der Waals surface area contributed by atoms with Crippen LogP contribution in [0.5, 0.6) is 0 Å². The van der Waals surface area contributed by atoms with Gasteiger partial charge in [0.25, 0.3) is 0 Å². The van der Waals surface area contributed by atoms with E-state index >= 15 is 0 Å². The molecule has 0 unspecified atom stereocenters. The Balaban J connectivity index is 2.39. The van der Waals surface area contributed by atoms with Gasteiger partial charge in [-0.25, -0.2) is 5.43 Å². The molecule has 0 aliphatic carbocycles. The maximum absolute atomic E-state index is 11.1. The van der Waals surface area contributed by atoms with E-state index in [0.29, 0.717) is 12.3 Å². The predicted molar refractivity (Wildman–Crippen MR) is 50.4 cm³/mol. The summed E-state index contributed by atoms with van der Waals surface area (Å²) in [6.07, 6.45) is 1.76. The maximum Gasteiger partial charge on any atom is 0.243 e. The predicted octanol–water partition coefficient (Wildman–Crippen LogP) is 0.123. The van der Waals surface area contributed by atoms with Crippen LogP contribution < -0.4 is 5.43 Å². The molecule has 1 N–H and O–H groups in total. The molecule has 1 rings (SSSR count). The minimum Gasteiger partial charge on any atom is -0.384 e. The summed E-state index contributed by atoms with van der Waals surface area (Å²) >= 11 is 5.51. The number of halogens is 1. The van der Waals surface area contributed by atoms with Gasteiger partial charge in [0.05, 0.1) is 30.8 Å². The molecule has 0 aromatic carbocycles. The third-order valence-corrected chi connectivity index (χ3v) is 1.71. The monoisotopic (exact) mass is 218 g/mol. The summed E-state index contributed by atoms with van der Waals surface area (Å²) in [4.78, 5) is 12.2. The first kappa shape index (κ1) is 10.9. The van der Waals surface area contributed by atoms with Crippen LogP contribution in [0.1, 0.15) is 12.1 Å². The molecule has 0 aliphatic heterocycles. The van der Waals surface area contributed by atoms with Crippen molar-refractivity contribution < 1.29 is 9.53 Å². The van der Waals surface area contributed by atoms with Gasteiger partial charge in [0.1, 0.15) is 0 Å². The van der Waals surface area contributed by atoms with Crippen LogP contribution in [0.4, 0.5) is 0 Å². The second-order valence-corrected chi connectivity index (χ2v) is 2.80. The second kappa shape index (κ2) is 5.56. The Kier molecular flexibility index (Phi) is 4.34. The fraction of sp³-hybridized carbons (Fsp3) is 0.571. The lowest BCUT2D eigenvalue weighted by molar-refractivity contribution is -0.118. The lowest BCUT2D eigenvalue weighted by Crippen LogP contribution is -2.25. The van der Waals surface area contributed by atoms with Crippen LogP contribution in [0.25, 0.3) is 0 Å². The number of nitrogens with one attached hydrogen (secondary N) is 1. The lowest BCUT2D eigenvalue weighted by atomic mass is 10.4. The Labute approximate surface area is 86.1 Å².